The molecule has 0 aliphatic heterocycles. The molecule has 26 heavy (non-hydrogen) atoms. The van der Waals surface area contributed by atoms with Gasteiger partial charge in [-0.1, -0.05) is 24.8 Å². The van der Waals surface area contributed by atoms with Crippen molar-refractivity contribution in [1.29, 1.82) is 0 Å². The highest BCUT2D eigenvalue weighted by molar-refractivity contribution is 8.00. The number of aromatic nitrogens is 2. The molecule has 2 N–H and O–H groups in total. The van der Waals surface area contributed by atoms with E-state index < -0.39 is 0 Å². The van der Waals surface area contributed by atoms with Crippen molar-refractivity contribution in [2.75, 3.05) is 18.1 Å². The van der Waals surface area contributed by atoms with Gasteiger partial charge in [0, 0.05) is 28.6 Å². The van der Waals surface area contributed by atoms with E-state index in [9.17, 15) is 9.59 Å². The summed E-state index contributed by atoms with van der Waals surface area (Å²) < 4.78 is 0. The van der Waals surface area contributed by atoms with Crippen LogP contribution in [0.15, 0.2) is 41.7 Å². The lowest BCUT2D eigenvalue weighted by Gasteiger charge is -2.07. The Labute approximate surface area is 159 Å². The monoisotopic (exact) mass is 386 g/mol. The van der Waals surface area contributed by atoms with Gasteiger partial charge >= 0.3 is 0 Å². The normalized spacial score (nSPS) is 10.7. The lowest BCUT2D eigenvalue weighted by molar-refractivity contribution is -0.113. The number of rotatable bonds is 6. The first kappa shape index (κ1) is 18.3. The minimum atomic E-state index is -0.192. The molecule has 0 radical (unpaired) electrons. The number of aryl methyl sites for hydroxylation is 1. The molecular weight excluding hydrogens is 368 g/mol. The van der Waals surface area contributed by atoms with E-state index >= 15 is 0 Å². The van der Waals surface area contributed by atoms with Crippen molar-refractivity contribution in [3.8, 4) is 0 Å². The summed E-state index contributed by atoms with van der Waals surface area (Å²) in [7, 11) is 1.57. The number of thioether (sulfide) groups is 1. The van der Waals surface area contributed by atoms with Gasteiger partial charge in [-0.25, -0.2) is 9.97 Å². The number of benzene rings is 1. The number of fused-ring (bicyclic) bond motifs is 1. The Hall–Kier alpha value is -2.45. The molecule has 3 aromatic rings. The minimum Gasteiger partial charge on any atom is -0.355 e. The average molecular weight is 387 g/mol. The third-order valence-electron chi connectivity index (χ3n) is 3.67. The Morgan fingerprint density at radius 1 is 1.23 bits per heavy atom. The van der Waals surface area contributed by atoms with Crippen molar-refractivity contribution >= 4 is 50.8 Å². The molecule has 8 heteroatoms. The Kier molecular flexibility index (Phi) is 5.85. The molecule has 0 saturated heterocycles. The predicted molar refractivity (Wildman–Crippen MR) is 106 cm³/mol. The summed E-state index contributed by atoms with van der Waals surface area (Å²) in [6.07, 6.45) is 2.48. The molecule has 0 fully saturated rings. The Morgan fingerprint density at radius 3 is 2.85 bits per heavy atom. The molecule has 134 valence electrons. The van der Waals surface area contributed by atoms with E-state index in [0.717, 1.165) is 21.7 Å². The number of carbonyl (C=O) groups excluding carboxylic acids is 2. The fourth-order valence-electron chi connectivity index (χ4n) is 2.39. The molecule has 2 aromatic heterocycles. The third kappa shape index (κ3) is 4.20. The maximum absolute atomic E-state index is 12.3. The molecule has 0 spiro atoms. The minimum absolute atomic E-state index is 0.151. The van der Waals surface area contributed by atoms with E-state index in [1.54, 1.807) is 42.6 Å². The zero-order chi connectivity index (χ0) is 18.5. The molecule has 0 bridgehead atoms. The van der Waals surface area contributed by atoms with Gasteiger partial charge < -0.3 is 10.6 Å². The van der Waals surface area contributed by atoms with Crippen molar-refractivity contribution in [2.45, 2.75) is 18.4 Å². The molecule has 3 rings (SSSR count). The van der Waals surface area contributed by atoms with Crippen LogP contribution in [0.4, 0.5) is 5.69 Å². The molecule has 0 unspecified atom stereocenters. The fourth-order valence-corrected chi connectivity index (χ4v) is 4.16. The molecule has 1 aromatic carbocycles. The Balaban J connectivity index is 1.66. The summed E-state index contributed by atoms with van der Waals surface area (Å²) >= 11 is 3.03. The molecule has 0 atom stereocenters. The summed E-state index contributed by atoms with van der Waals surface area (Å²) in [5.74, 6) is -0.113. The SMILES string of the molecule is CCc1cc2c(SCC(=O)Nc3cccc(C(=O)NC)c3)ncnc2s1. The number of nitrogens with one attached hydrogen (secondary N) is 2. The van der Waals surface area contributed by atoms with E-state index in [4.69, 9.17) is 0 Å². The largest absolute Gasteiger partial charge is 0.355 e. The highest BCUT2D eigenvalue weighted by atomic mass is 32.2. The summed E-state index contributed by atoms with van der Waals surface area (Å²) in [4.78, 5) is 34.7. The highest BCUT2D eigenvalue weighted by Gasteiger charge is 2.11. The van der Waals surface area contributed by atoms with E-state index in [1.807, 2.05) is 0 Å². The second kappa shape index (κ2) is 8.29. The molecule has 0 aliphatic rings. The van der Waals surface area contributed by atoms with Gasteiger partial charge in [-0.05, 0) is 30.7 Å². The standard InChI is InChI=1S/C18H18N4O2S2/c1-3-13-8-14-17(20-10-21-18(14)26-13)25-9-15(23)22-12-6-4-5-11(7-12)16(24)19-2/h4-8,10H,3,9H2,1-2H3,(H,19,24)(H,22,23). The van der Waals surface area contributed by atoms with Crippen LogP contribution < -0.4 is 10.6 Å². The molecule has 2 heterocycles. The smallest absolute Gasteiger partial charge is 0.251 e. The zero-order valence-corrected chi connectivity index (χ0v) is 16.0. The van der Waals surface area contributed by atoms with E-state index in [1.165, 1.54) is 23.0 Å². The summed E-state index contributed by atoms with van der Waals surface area (Å²) in [5, 5.41) is 7.18. The van der Waals surface area contributed by atoms with Crippen LogP contribution >= 0.6 is 23.1 Å². The van der Waals surface area contributed by atoms with Gasteiger partial charge in [0.2, 0.25) is 5.91 Å². The number of carbonyl (C=O) groups is 2. The van der Waals surface area contributed by atoms with Crippen molar-refractivity contribution < 1.29 is 9.59 Å². The molecule has 2 amide bonds. The first-order valence-electron chi connectivity index (χ1n) is 8.09. The second-order valence-corrected chi connectivity index (χ2v) is 7.54. The number of anilines is 1. The Bertz CT molecular complexity index is 955. The first-order chi connectivity index (χ1) is 12.6. The zero-order valence-electron chi connectivity index (χ0n) is 14.4. The van der Waals surface area contributed by atoms with Crippen LogP contribution in [0.25, 0.3) is 10.2 Å². The van der Waals surface area contributed by atoms with Gasteiger partial charge in [-0.2, -0.15) is 0 Å². The van der Waals surface area contributed by atoms with Crippen molar-refractivity contribution in [3.05, 3.63) is 47.1 Å². The van der Waals surface area contributed by atoms with Gasteiger partial charge in [-0.3, -0.25) is 9.59 Å². The van der Waals surface area contributed by atoms with Crippen molar-refractivity contribution in [3.63, 3.8) is 0 Å². The van der Waals surface area contributed by atoms with Crippen LogP contribution in [-0.4, -0.2) is 34.6 Å². The number of hydrogen-bond donors (Lipinski definition) is 2. The topological polar surface area (TPSA) is 84.0 Å². The van der Waals surface area contributed by atoms with Crippen LogP contribution in [0.2, 0.25) is 0 Å². The van der Waals surface area contributed by atoms with Crippen molar-refractivity contribution in [2.24, 2.45) is 0 Å². The predicted octanol–water partition coefficient (Wildman–Crippen LogP) is 3.34. The van der Waals surface area contributed by atoms with Crippen LogP contribution in [-0.2, 0) is 11.2 Å². The third-order valence-corrected chi connectivity index (χ3v) is 5.86. The highest BCUT2D eigenvalue weighted by Crippen LogP contribution is 2.30. The number of hydrogen-bond acceptors (Lipinski definition) is 6. The van der Waals surface area contributed by atoms with Gasteiger partial charge in [0.15, 0.2) is 0 Å². The van der Waals surface area contributed by atoms with Crippen LogP contribution in [0.3, 0.4) is 0 Å². The van der Waals surface area contributed by atoms with Gasteiger partial charge in [0.1, 0.15) is 16.2 Å². The van der Waals surface area contributed by atoms with Crippen LogP contribution in [0.1, 0.15) is 22.2 Å². The van der Waals surface area contributed by atoms with Gasteiger partial charge in [0.05, 0.1) is 5.75 Å². The lowest BCUT2D eigenvalue weighted by atomic mass is 10.2. The number of nitrogens with zero attached hydrogens (tertiary/aromatic N) is 2. The van der Waals surface area contributed by atoms with Gasteiger partial charge in [-0.15, -0.1) is 11.3 Å². The second-order valence-electron chi connectivity index (χ2n) is 5.46. The summed E-state index contributed by atoms with van der Waals surface area (Å²) in [6, 6.07) is 8.93. The average Bonchev–Trinajstić information content (AvgIpc) is 3.10. The Morgan fingerprint density at radius 2 is 2.08 bits per heavy atom. The number of amides is 2. The van der Waals surface area contributed by atoms with Crippen LogP contribution in [0, 0.1) is 0 Å². The first-order valence-corrected chi connectivity index (χ1v) is 9.89. The maximum Gasteiger partial charge on any atom is 0.251 e. The molecule has 0 aliphatic carbocycles. The van der Waals surface area contributed by atoms with E-state index in [-0.39, 0.29) is 17.6 Å². The fraction of sp³-hybridized carbons (Fsp3) is 0.222. The molecule has 0 saturated carbocycles. The summed E-state index contributed by atoms with van der Waals surface area (Å²) in [5.41, 5.74) is 1.09. The number of thiophene rings is 1. The maximum atomic E-state index is 12.3. The molecular formula is C18H18N4O2S2. The van der Waals surface area contributed by atoms with E-state index in [0.29, 0.717) is 11.3 Å². The van der Waals surface area contributed by atoms with Gasteiger partial charge in [0.25, 0.3) is 5.91 Å². The molecule has 6 nitrogen and oxygen atoms in total. The lowest BCUT2D eigenvalue weighted by Crippen LogP contribution is -2.19. The van der Waals surface area contributed by atoms with E-state index in [2.05, 4.69) is 33.6 Å². The quantitative estimate of drug-likeness (QED) is 0.501. The van der Waals surface area contributed by atoms with Crippen molar-refractivity contribution in [1.82, 2.24) is 15.3 Å². The summed E-state index contributed by atoms with van der Waals surface area (Å²) in [6.45, 7) is 2.10. The van der Waals surface area contributed by atoms with Crippen LogP contribution in [0.5, 0.6) is 0 Å².